The second kappa shape index (κ2) is 2.46. The van der Waals surface area contributed by atoms with E-state index in [1.807, 2.05) is 22.7 Å². The molecule has 0 aromatic carbocycles. The minimum Gasteiger partial charge on any atom is -0.148 e. The Morgan fingerprint density at radius 1 is 1.23 bits per heavy atom. The third-order valence-electron chi connectivity index (χ3n) is 2.79. The number of hydrogen-bond donors (Lipinski definition) is 0. The summed E-state index contributed by atoms with van der Waals surface area (Å²) in [5, 5.41) is 2.21. The topological polar surface area (TPSA) is 0 Å². The lowest BCUT2D eigenvalue weighted by Crippen LogP contribution is -1.74. The summed E-state index contributed by atoms with van der Waals surface area (Å²) in [6.45, 7) is 4.47. The van der Waals surface area contributed by atoms with Gasteiger partial charge in [-0.25, -0.2) is 0 Å². The van der Waals surface area contributed by atoms with Crippen LogP contribution in [0.2, 0.25) is 0 Å². The van der Waals surface area contributed by atoms with Crippen LogP contribution in [0, 0.1) is 13.8 Å². The Bertz CT molecular complexity index is 474. The van der Waals surface area contributed by atoms with Gasteiger partial charge in [-0.05, 0) is 36.4 Å². The minimum atomic E-state index is 1.18. The summed E-state index contributed by atoms with van der Waals surface area (Å²) in [6.07, 6.45) is 1.18. The Kier molecular flexibility index (Phi) is 1.47. The Labute approximate surface area is 85.9 Å². The van der Waals surface area contributed by atoms with Crippen molar-refractivity contribution in [2.75, 3.05) is 0 Å². The summed E-state index contributed by atoms with van der Waals surface area (Å²) in [4.78, 5) is 4.63. The lowest BCUT2D eigenvalue weighted by Gasteiger charge is -1.94. The molecule has 2 aromatic rings. The van der Waals surface area contributed by atoms with Gasteiger partial charge >= 0.3 is 0 Å². The van der Waals surface area contributed by atoms with E-state index in [1.54, 1.807) is 15.3 Å². The molecule has 0 unspecified atom stereocenters. The van der Waals surface area contributed by atoms with E-state index in [-0.39, 0.29) is 0 Å². The highest BCUT2D eigenvalue weighted by atomic mass is 32.1. The fourth-order valence-electron chi connectivity index (χ4n) is 2.02. The van der Waals surface area contributed by atoms with Crippen molar-refractivity contribution < 1.29 is 0 Å². The van der Waals surface area contributed by atoms with Crippen molar-refractivity contribution in [2.24, 2.45) is 0 Å². The largest absolute Gasteiger partial charge is 0.148 e. The molecule has 0 bridgehead atoms. The van der Waals surface area contributed by atoms with E-state index < -0.39 is 0 Å². The Morgan fingerprint density at radius 2 is 2.08 bits per heavy atom. The molecule has 0 saturated carbocycles. The molecule has 0 amide bonds. The number of aryl methyl sites for hydroxylation is 1. The number of fused-ring (bicyclic) bond motifs is 3. The lowest BCUT2D eigenvalue weighted by molar-refractivity contribution is 1.37. The standard InChI is InChI=1S/C11H10S2/c1-6-7(2)13-10-5-9-8(11(6)10)3-4-12-9/h3-4H,5H2,1-2H3. The fraction of sp³-hybridized carbons (Fsp3) is 0.273. The van der Waals surface area contributed by atoms with E-state index in [4.69, 9.17) is 0 Å². The summed E-state index contributed by atoms with van der Waals surface area (Å²) < 4.78 is 0. The second-order valence-electron chi connectivity index (χ2n) is 3.52. The molecule has 0 nitrogen and oxygen atoms in total. The maximum Gasteiger partial charge on any atom is 0.0182 e. The van der Waals surface area contributed by atoms with Crippen LogP contribution in [0.25, 0.3) is 11.1 Å². The van der Waals surface area contributed by atoms with E-state index in [0.29, 0.717) is 0 Å². The summed E-state index contributed by atoms with van der Waals surface area (Å²) in [5.74, 6) is 0. The van der Waals surface area contributed by atoms with Crippen molar-refractivity contribution in [3.63, 3.8) is 0 Å². The average Bonchev–Trinajstić information content (AvgIpc) is 2.66. The SMILES string of the molecule is Cc1sc2c(c1C)-c1ccsc1C2. The molecule has 1 aliphatic rings. The van der Waals surface area contributed by atoms with Crippen LogP contribution in [-0.2, 0) is 6.42 Å². The van der Waals surface area contributed by atoms with Gasteiger partial charge in [0.1, 0.15) is 0 Å². The van der Waals surface area contributed by atoms with Crippen molar-refractivity contribution >= 4 is 22.7 Å². The quantitative estimate of drug-likeness (QED) is 0.521. The van der Waals surface area contributed by atoms with E-state index in [0.717, 1.165) is 0 Å². The highest BCUT2D eigenvalue weighted by Crippen LogP contribution is 2.46. The molecule has 2 heteroatoms. The van der Waals surface area contributed by atoms with Gasteiger partial charge < -0.3 is 0 Å². The van der Waals surface area contributed by atoms with Crippen molar-refractivity contribution in [2.45, 2.75) is 20.3 Å². The maximum atomic E-state index is 2.27. The summed E-state index contributed by atoms with van der Waals surface area (Å²) >= 11 is 3.87. The highest BCUT2D eigenvalue weighted by molar-refractivity contribution is 7.14. The molecule has 2 aromatic heterocycles. The highest BCUT2D eigenvalue weighted by Gasteiger charge is 2.24. The summed E-state index contributed by atoms with van der Waals surface area (Å²) in [7, 11) is 0. The van der Waals surface area contributed by atoms with Gasteiger partial charge in [0.2, 0.25) is 0 Å². The molecule has 0 N–H and O–H groups in total. The van der Waals surface area contributed by atoms with Gasteiger partial charge in [-0.15, -0.1) is 22.7 Å². The van der Waals surface area contributed by atoms with Crippen molar-refractivity contribution in [1.82, 2.24) is 0 Å². The molecule has 0 saturated heterocycles. The minimum absolute atomic E-state index is 1.18. The Hall–Kier alpha value is -0.600. The smallest absolute Gasteiger partial charge is 0.0182 e. The van der Waals surface area contributed by atoms with Crippen molar-refractivity contribution in [3.05, 3.63) is 31.6 Å². The molecule has 0 fully saturated rings. The Morgan fingerprint density at radius 3 is 2.92 bits per heavy atom. The third kappa shape index (κ3) is 0.903. The first kappa shape index (κ1) is 7.77. The lowest BCUT2D eigenvalue weighted by atomic mass is 10.1. The van der Waals surface area contributed by atoms with Crippen LogP contribution in [0.15, 0.2) is 11.4 Å². The molecule has 0 atom stereocenters. The van der Waals surface area contributed by atoms with Gasteiger partial charge in [-0.3, -0.25) is 0 Å². The number of thiophene rings is 2. The first-order chi connectivity index (χ1) is 6.27. The number of hydrogen-bond acceptors (Lipinski definition) is 2. The van der Waals surface area contributed by atoms with Gasteiger partial charge in [-0.1, -0.05) is 0 Å². The molecular weight excluding hydrogens is 196 g/mol. The maximum absolute atomic E-state index is 2.27. The van der Waals surface area contributed by atoms with Gasteiger partial charge in [0.25, 0.3) is 0 Å². The van der Waals surface area contributed by atoms with Gasteiger partial charge in [0.05, 0.1) is 0 Å². The van der Waals surface area contributed by atoms with Crippen LogP contribution in [-0.4, -0.2) is 0 Å². The molecule has 0 spiro atoms. The molecule has 2 heterocycles. The first-order valence-corrected chi connectivity index (χ1v) is 6.12. The zero-order chi connectivity index (χ0) is 9.00. The second-order valence-corrected chi connectivity index (χ2v) is 5.83. The van der Waals surface area contributed by atoms with Crippen molar-refractivity contribution in [1.29, 1.82) is 0 Å². The Balaban J connectivity index is 2.36. The summed E-state index contributed by atoms with van der Waals surface area (Å²) in [5.41, 5.74) is 4.54. The van der Waals surface area contributed by atoms with E-state index in [2.05, 4.69) is 25.3 Å². The third-order valence-corrected chi connectivity index (χ3v) is 4.92. The zero-order valence-electron chi connectivity index (χ0n) is 7.68. The molecule has 66 valence electrons. The van der Waals surface area contributed by atoms with Crippen LogP contribution in [0.3, 0.4) is 0 Å². The van der Waals surface area contributed by atoms with E-state index >= 15 is 0 Å². The molecule has 0 aliphatic heterocycles. The van der Waals surface area contributed by atoms with E-state index in [1.165, 1.54) is 22.4 Å². The monoisotopic (exact) mass is 206 g/mol. The normalized spacial score (nSPS) is 13.1. The van der Waals surface area contributed by atoms with Gasteiger partial charge in [0.15, 0.2) is 0 Å². The predicted octanol–water partition coefficient (Wildman–Crippen LogP) is 4.00. The van der Waals surface area contributed by atoms with Gasteiger partial charge in [-0.2, -0.15) is 0 Å². The van der Waals surface area contributed by atoms with Crippen LogP contribution in [0.4, 0.5) is 0 Å². The van der Waals surface area contributed by atoms with Crippen LogP contribution >= 0.6 is 22.7 Å². The average molecular weight is 206 g/mol. The van der Waals surface area contributed by atoms with Crippen LogP contribution in [0.1, 0.15) is 20.2 Å². The molecule has 3 rings (SSSR count). The molecule has 13 heavy (non-hydrogen) atoms. The van der Waals surface area contributed by atoms with Gasteiger partial charge in [0, 0.05) is 26.6 Å². The molecular formula is C11H10S2. The zero-order valence-corrected chi connectivity index (χ0v) is 9.31. The van der Waals surface area contributed by atoms with Crippen molar-refractivity contribution in [3.8, 4) is 11.1 Å². The fourth-order valence-corrected chi connectivity index (χ4v) is 4.21. The predicted molar refractivity (Wildman–Crippen MR) is 59.9 cm³/mol. The van der Waals surface area contributed by atoms with Crippen LogP contribution in [0.5, 0.6) is 0 Å². The summed E-state index contributed by atoms with van der Waals surface area (Å²) in [6, 6.07) is 2.27. The molecule has 0 radical (unpaired) electrons. The van der Waals surface area contributed by atoms with E-state index in [9.17, 15) is 0 Å². The first-order valence-electron chi connectivity index (χ1n) is 4.43. The van der Waals surface area contributed by atoms with Crippen LogP contribution < -0.4 is 0 Å². The molecule has 1 aliphatic carbocycles. The number of rotatable bonds is 0.